The normalized spacial score (nSPS) is 15.4. The highest BCUT2D eigenvalue weighted by Gasteiger charge is 2.34. The number of imide groups is 1. The fraction of sp³-hybridized carbons (Fsp3) is 0.267. The van der Waals surface area contributed by atoms with Gasteiger partial charge in [-0.25, -0.2) is 9.78 Å². The van der Waals surface area contributed by atoms with Gasteiger partial charge in [0.1, 0.15) is 11.4 Å². The molecule has 2 aromatic carbocycles. The van der Waals surface area contributed by atoms with Gasteiger partial charge in [0.25, 0.3) is 0 Å². The number of nitrogens with zero attached hydrogens (tertiary/aromatic N) is 3. The zero-order valence-electron chi connectivity index (χ0n) is 22.0. The highest BCUT2D eigenvalue weighted by molar-refractivity contribution is 7.19. The summed E-state index contributed by atoms with van der Waals surface area (Å²) in [5.74, 6) is -0.659. The Bertz CT molecular complexity index is 1690. The van der Waals surface area contributed by atoms with Crippen LogP contribution in [-0.2, 0) is 46.6 Å². The Morgan fingerprint density at radius 2 is 1.69 bits per heavy atom. The Labute approximate surface area is 247 Å². The van der Waals surface area contributed by atoms with E-state index in [2.05, 4.69) is 0 Å². The first-order chi connectivity index (χ1) is 20.1. The minimum Gasteiger partial charge on any atom is -0.445 e. The first-order valence-electron chi connectivity index (χ1n) is 13.2. The summed E-state index contributed by atoms with van der Waals surface area (Å²) in [6.45, 7) is 0.643. The van der Waals surface area contributed by atoms with Crippen molar-refractivity contribution in [2.24, 2.45) is 0 Å². The van der Waals surface area contributed by atoms with Crippen molar-refractivity contribution in [3.05, 3.63) is 86.9 Å². The molecule has 0 saturated carbocycles. The molecule has 0 spiro atoms. The van der Waals surface area contributed by atoms with Crippen LogP contribution in [0.3, 0.4) is 0 Å². The zero-order chi connectivity index (χ0) is 29.6. The molecule has 2 aliphatic rings. The molecule has 1 saturated heterocycles. The van der Waals surface area contributed by atoms with Crippen molar-refractivity contribution in [3.8, 4) is 11.1 Å². The predicted octanol–water partition coefficient (Wildman–Crippen LogP) is 6.98. The van der Waals surface area contributed by atoms with Gasteiger partial charge in [-0.05, 0) is 35.2 Å². The number of carbonyl (C=O) groups is 3. The fourth-order valence-electron chi connectivity index (χ4n) is 5.27. The maximum atomic E-state index is 13.3. The molecule has 0 bridgehead atoms. The molecule has 0 N–H and O–H groups in total. The van der Waals surface area contributed by atoms with Crippen molar-refractivity contribution >= 4 is 51.1 Å². The second kappa shape index (κ2) is 11.0. The Balaban J connectivity index is 1.38. The van der Waals surface area contributed by atoms with Crippen LogP contribution >= 0.6 is 22.9 Å². The van der Waals surface area contributed by atoms with Crippen LogP contribution < -0.4 is 0 Å². The Hall–Kier alpha value is -3.96. The van der Waals surface area contributed by atoms with Gasteiger partial charge in [-0.15, -0.1) is 11.3 Å². The molecule has 0 aliphatic carbocycles. The molecule has 4 aromatic rings. The molecule has 1 fully saturated rings. The molecule has 42 heavy (non-hydrogen) atoms. The summed E-state index contributed by atoms with van der Waals surface area (Å²) in [5.41, 5.74) is 2.20. The van der Waals surface area contributed by atoms with Gasteiger partial charge in [0, 0.05) is 35.2 Å². The molecular formula is C30H23ClF3N3O4S. The summed E-state index contributed by atoms with van der Waals surface area (Å²) in [7, 11) is 0. The molecule has 6 rings (SSSR count). The van der Waals surface area contributed by atoms with Crippen molar-refractivity contribution in [3.63, 3.8) is 0 Å². The maximum absolute atomic E-state index is 13.3. The smallest absolute Gasteiger partial charge is 0.416 e. The van der Waals surface area contributed by atoms with Crippen LogP contribution in [0, 0.1) is 0 Å². The topological polar surface area (TPSA) is 79.8 Å². The third-order valence-electron chi connectivity index (χ3n) is 7.42. The lowest BCUT2D eigenvalue weighted by atomic mass is 9.95. The first kappa shape index (κ1) is 28.2. The molecule has 2 aliphatic heterocycles. The number of aromatic nitrogens is 1. The van der Waals surface area contributed by atoms with Crippen LogP contribution in [0.1, 0.15) is 40.1 Å². The Kier molecular flexibility index (Phi) is 7.40. The van der Waals surface area contributed by atoms with Crippen molar-refractivity contribution in [1.29, 1.82) is 0 Å². The number of alkyl halides is 3. The van der Waals surface area contributed by atoms with Crippen LogP contribution in [0.5, 0.6) is 0 Å². The van der Waals surface area contributed by atoms with Gasteiger partial charge in [-0.1, -0.05) is 54.1 Å². The van der Waals surface area contributed by atoms with Gasteiger partial charge < -0.3 is 9.64 Å². The number of hydrogen-bond acceptors (Lipinski definition) is 6. The molecule has 2 aromatic heterocycles. The molecule has 0 unspecified atom stereocenters. The quantitative estimate of drug-likeness (QED) is 0.227. The van der Waals surface area contributed by atoms with Gasteiger partial charge in [-0.2, -0.15) is 13.2 Å². The highest BCUT2D eigenvalue weighted by Crippen LogP contribution is 2.45. The van der Waals surface area contributed by atoms with Crippen molar-refractivity contribution in [1.82, 2.24) is 14.8 Å². The van der Waals surface area contributed by atoms with Crippen molar-refractivity contribution < 1.29 is 32.3 Å². The number of likely N-dealkylation sites (tertiary alicyclic amines) is 1. The summed E-state index contributed by atoms with van der Waals surface area (Å²) < 4.78 is 45.4. The molecule has 7 nitrogen and oxygen atoms in total. The standard InChI is InChI=1S/C30H23ClF3N3O4S/c31-27-21(14-37-23(38)10-11-24(37)39)35-28-26(25(27)18-6-8-19(9-7-18)30(32,33)34)20-12-13-36(15-22(20)42-28)29(40)41-16-17-4-2-1-3-5-17/h1-9H,10-16H2. The van der Waals surface area contributed by atoms with E-state index in [4.69, 9.17) is 21.3 Å². The van der Waals surface area contributed by atoms with Crippen LogP contribution in [-0.4, -0.2) is 39.2 Å². The van der Waals surface area contributed by atoms with Gasteiger partial charge in [0.2, 0.25) is 11.8 Å². The number of fused-ring (bicyclic) bond motifs is 3. The molecule has 12 heteroatoms. The van der Waals surface area contributed by atoms with E-state index in [9.17, 15) is 27.6 Å². The van der Waals surface area contributed by atoms with Gasteiger partial charge >= 0.3 is 12.3 Å². The number of pyridine rings is 1. The molecule has 0 radical (unpaired) electrons. The van der Waals surface area contributed by atoms with Gasteiger partial charge in [0.15, 0.2) is 0 Å². The van der Waals surface area contributed by atoms with Crippen LogP contribution in [0.15, 0.2) is 54.6 Å². The number of rotatable bonds is 5. The van der Waals surface area contributed by atoms with Crippen molar-refractivity contribution in [2.75, 3.05) is 6.54 Å². The lowest BCUT2D eigenvalue weighted by Gasteiger charge is -2.26. The Morgan fingerprint density at radius 1 is 1.00 bits per heavy atom. The minimum absolute atomic E-state index is 0.105. The fourth-order valence-corrected chi connectivity index (χ4v) is 6.84. The van der Waals surface area contributed by atoms with E-state index in [1.807, 2.05) is 30.3 Å². The maximum Gasteiger partial charge on any atom is 0.416 e. The number of ether oxygens (including phenoxy) is 1. The van der Waals surface area contributed by atoms with E-state index in [1.54, 1.807) is 4.90 Å². The molecular weight excluding hydrogens is 591 g/mol. The van der Waals surface area contributed by atoms with Gasteiger partial charge in [0.05, 0.1) is 29.4 Å². The van der Waals surface area contributed by atoms with E-state index >= 15 is 0 Å². The molecule has 0 atom stereocenters. The zero-order valence-corrected chi connectivity index (χ0v) is 23.6. The summed E-state index contributed by atoms with van der Waals surface area (Å²) >= 11 is 8.24. The second-order valence-corrected chi connectivity index (χ2v) is 11.6. The van der Waals surface area contributed by atoms with Crippen LogP contribution in [0.2, 0.25) is 5.02 Å². The minimum atomic E-state index is -4.50. The number of benzene rings is 2. The number of halogens is 4. The number of carbonyl (C=O) groups excluding carboxylic acids is 3. The van der Waals surface area contributed by atoms with E-state index in [0.717, 1.165) is 33.0 Å². The monoisotopic (exact) mass is 613 g/mol. The number of thiophene rings is 1. The van der Waals surface area contributed by atoms with Crippen LogP contribution in [0.25, 0.3) is 21.3 Å². The number of hydrogen-bond donors (Lipinski definition) is 0. The second-order valence-electron chi connectivity index (χ2n) is 10.1. The SMILES string of the molecule is O=C(OCc1ccccc1)N1CCc2c(sc3nc(CN4C(=O)CCC4=O)c(Cl)c(-c4ccc(C(F)(F)F)cc4)c23)C1. The van der Waals surface area contributed by atoms with Gasteiger partial charge in [-0.3, -0.25) is 14.5 Å². The van der Waals surface area contributed by atoms with Crippen LogP contribution in [0.4, 0.5) is 18.0 Å². The lowest BCUT2D eigenvalue weighted by Crippen LogP contribution is -2.35. The van der Waals surface area contributed by atoms with E-state index in [-0.39, 0.29) is 55.1 Å². The summed E-state index contributed by atoms with van der Waals surface area (Å²) in [6.07, 6.45) is -4.29. The summed E-state index contributed by atoms with van der Waals surface area (Å²) in [4.78, 5) is 46.4. The third-order valence-corrected chi connectivity index (χ3v) is 8.94. The average Bonchev–Trinajstić information content (AvgIpc) is 3.50. The lowest BCUT2D eigenvalue weighted by molar-refractivity contribution is -0.139. The summed E-state index contributed by atoms with van der Waals surface area (Å²) in [5, 5.41) is 0.861. The van der Waals surface area contributed by atoms with E-state index in [0.29, 0.717) is 34.3 Å². The third kappa shape index (κ3) is 5.34. The van der Waals surface area contributed by atoms with Crippen molar-refractivity contribution in [2.45, 2.75) is 45.1 Å². The summed E-state index contributed by atoms with van der Waals surface area (Å²) in [6, 6.07) is 14.1. The highest BCUT2D eigenvalue weighted by atomic mass is 35.5. The average molecular weight is 614 g/mol. The van der Waals surface area contributed by atoms with E-state index in [1.165, 1.54) is 23.5 Å². The molecule has 3 amide bonds. The van der Waals surface area contributed by atoms with E-state index < -0.39 is 17.8 Å². The Morgan fingerprint density at radius 3 is 2.36 bits per heavy atom. The first-order valence-corrected chi connectivity index (χ1v) is 14.4. The largest absolute Gasteiger partial charge is 0.445 e. The number of amides is 3. The predicted molar refractivity (Wildman–Crippen MR) is 151 cm³/mol. The molecule has 4 heterocycles. The molecule has 216 valence electrons.